The molecule has 176 valence electrons. The molecule has 1 N–H and O–H groups in total. The van der Waals surface area contributed by atoms with Crippen molar-refractivity contribution in [2.75, 3.05) is 0 Å². The van der Waals surface area contributed by atoms with Gasteiger partial charge in [0.1, 0.15) is 11.5 Å². The summed E-state index contributed by atoms with van der Waals surface area (Å²) in [6.45, 7) is 21.0. The molecule has 0 radical (unpaired) electrons. The van der Waals surface area contributed by atoms with Crippen molar-refractivity contribution in [1.29, 1.82) is 0 Å². The lowest BCUT2D eigenvalue weighted by molar-refractivity contribution is -0.134. The van der Waals surface area contributed by atoms with E-state index in [1.165, 1.54) is 0 Å². The summed E-state index contributed by atoms with van der Waals surface area (Å²) in [7, 11) is 0. The molecular weight excluding hydrogens is 396 g/mol. The maximum atomic E-state index is 12.7. The Morgan fingerprint density at radius 2 is 1.41 bits per heavy atom. The van der Waals surface area contributed by atoms with Gasteiger partial charge in [0.25, 0.3) is 0 Å². The van der Waals surface area contributed by atoms with E-state index in [0.717, 1.165) is 46.2 Å². The smallest absolute Gasteiger partial charge is 0.311 e. The molecule has 1 atom stereocenters. The van der Waals surface area contributed by atoms with Crippen LogP contribution in [-0.4, -0.2) is 11.1 Å². The van der Waals surface area contributed by atoms with Gasteiger partial charge in [-0.25, -0.2) is 0 Å². The number of unbranched alkanes of at least 4 members (excludes halogenated alkanes) is 1. The first kappa shape index (κ1) is 26.0. The second kappa shape index (κ2) is 9.68. The fourth-order valence-electron chi connectivity index (χ4n) is 4.43. The van der Waals surface area contributed by atoms with Crippen molar-refractivity contribution in [3.05, 3.63) is 57.6 Å². The minimum absolute atomic E-state index is 0.131. The maximum Gasteiger partial charge on any atom is 0.311 e. The van der Waals surface area contributed by atoms with Crippen molar-refractivity contribution in [3.8, 4) is 11.5 Å². The molecule has 0 bridgehead atoms. The Bertz CT molecular complexity index is 971. The van der Waals surface area contributed by atoms with Crippen LogP contribution in [0.15, 0.2) is 24.3 Å². The molecule has 3 nitrogen and oxygen atoms in total. The van der Waals surface area contributed by atoms with Gasteiger partial charge in [0.2, 0.25) is 0 Å². The molecular formula is C29H42O3. The van der Waals surface area contributed by atoms with Gasteiger partial charge in [0.15, 0.2) is 0 Å². The third-order valence-corrected chi connectivity index (χ3v) is 6.28. The van der Waals surface area contributed by atoms with Crippen molar-refractivity contribution in [1.82, 2.24) is 0 Å². The summed E-state index contributed by atoms with van der Waals surface area (Å²) in [5.41, 5.74) is 5.55. The summed E-state index contributed by atoms with van der Waals surface area (Å²) in [4.78, 5) is 12.7. The number of hydrogen-bond donors (Lipinski definition) is 1. The summed E-state index contributed by atoms with van der Waals surface area (Å²) < 4.78 is 6.09. The Morgan fingerprint density at radius 1 is 0.906 bits per heavy atom. The zero-order valence-electron chi connectivity index (χ0n) is 21.8. The van der Waals surface area contributed by atoms with E-state index in [-0.39, 0.29) is 22.7 Å². The second-order valence-corrected chi connectivity index (χ2v) is 11.2. The first-order chi connectivity index (χ1) is 14.7. The number of phenolic OH excluding ortho intramolecular Hbond substituents is 1. The molecule has 0 aliphatic rings. The molecule has 0 aliphatic carbocycles. The number of aryl methyl sites for hydroxylation is 2. The number of phenols is 1. The van der Waals surface area contributed by atoms with Gasteiger partial charge in [-0.15, -0.1) is 0 Å². The number of aromatic hydroxyl groups is 1. The minimum atomic E-state index is -0.194. The van der Waals surface area contributed by atoms with Gasteiger partial charge < -0.3 is 9.84 Å². The molecule has 1 unspecified atom stereocenters. The molecule has 0 heterocycles. The highest BCUT2D eigenvalue weighted by Crippen LogP contribution is 2.46. The van der Waals surface area contributed by atoms with Gasteiger partial charge in [-0.2, -0.15) is 0 Å². The SMILES string of the molecule is CCCCC(=O)Oc1c(C(C)(C)C)ccc(C)c1C(C)c1c(C)ccc(C(C)(C)C)c1O. The monoisotopic (exact) mass is 438 g/mol. The molecule has 0 spiro atoms. The Balaban J connectivity index is 2.76. The number of ether oxygens (including phenoxy) is 1. The topological polar surface area (TPSA) is 46.5 Å². The average Bonchev–Trinajstić information content (AvgIpc) is 2.64. The van der Waals surface area contributed by atoms with Crippen LogP contribution >= 0.6 is 0 Å². The first-order valence-electron chi connectivity index (χ1n) is 11.9. The van der Waals surface area contributed by atoms with Gasteiger partial charge in [0.05, 0.1) is 0 Å². The molecule has 0 aliphatic heterocycles. The van der Waals surface area contributed by atoms with E-state index in [9.17, 15) is 9.90 Å². The fraction of sp³-hybridized carbons (Fsp3) is 0.552. The molecule has 0 aromatic heterocycles. The van der Waals surface area contributed by atoms with E-state index in [0.29, 0.717) is 17.9 Å². The molecule has 3 heteroatoms. The zero-order chi connectivity index (χ0) is 24.4. The van der Waals surface area contributed by atoms with E-state index in [1.54, 1.807) is 0 Å². The molecule has 32 heavy (non-hydrogen) atoms. The Labute approximate surface area is 195 Å². The Kier molecular flexibility index (Phi) is 7.86. The largest absolute Gasteiger partial charge is 0.507 e. The molecule has 0 saturated carbocycles. The van der Waals surface area contributed by atoms with Crippen LogP contribution in [-0.2, 0) is 15.6 Å². The van der Waals surface area contributed by atoms with E-state index in [1.807, 2.05) is 13.0 Å². The van der Waals surface area contributed by atoms with Crippen LogP contribution in [0, 0.1) is 13.8 Å². The van der Waals surface area contributed by atoms with Gasteiger partial charge in [-0.1, -0.05) is 86.1 Å². The highest BCUT2D eigenvalue weighted by atomic mass is 16.5. The van der Waals surface area contributed by atoms with Crippen molar-refractivity contribution in [2.24, 2.45) is 0 Å². The van der Waals surface area contributed by atoms with Crippen molar-refractivity contribution < 1.29 is 14.6 Å². The lowest BCUT2D eigenvalue weighted by atomic mass is 9.77. The van der Waals surface area contributed by atoms with E-state index < -0.39 is 0 Å². The summed E-state index contributed by atoms with van der Waals surface area (Å²) in [5, 5.41) is 11.3. The standard InChI is InChI=1S/C29H42O3/c1-11-12-13-23(30)32-27-22(29(8,9)10)17-15-19(3)25(27)20(4)24-18(2)14-16-21(26(24)31)28(5,6)7/h14-17,20,31H,11-13H2,1-10H3. The van der Waals surface area contributed by atoms with Crippen LogP contribution in [0.2, 0.25) is 0 Å². The first-order valence-corrected chi connectivity index (χ1v) is 11.9. The minimum Gasteiger partial charge on any atom is -0.507 e. The summed E-state index contributed by atoms with van der Waals surface area (Å²) in [6.07, 6.45) is 2.17. The van der Waals surface area contributed by atoms with Crippen LogP contribution in [0.1, 0.15) is 114 Å². The van der Waals surface area contributed by atoms with Gasteiger partial charge in [-0.05, 0) is 47.8 Å². The third-order valence-electron chi connectivity index (χ3n) is 6.28. The normalized spacial score (nSPS) is 13.2. The molecule has 0 amide bonds. The number of hydrogen-bond acceptors (Lipinski definition) is 3. The third kappa shape index (κ3) is 5.54. The maximum absolute atomic E-state index is 12.7. The van der Waals surface area contributed by atoms with Crippen LogP contribution in [0.4, 0.5) is 0 Å². The van der Waals surface area contributed by atoms with Crippen LogP contribution in [0.25, 0.3) is 0 Å². The van der Waals surface area contributed by atoms with Gasteiger partial charge in [0, 0.05) is 29.0 Å². The van der Waals surface area contributed by atoms with E-state index in [4.69, 9.17) is 4.74 Å². The van der Waals surface area contributed by atoms with Gasteiger partial charge >= 0.3 is 5.97 Å². The second-order valence-electron chi connectivity index (χ2n) is 11.2. The highest BCUT2D eigenvalue weighted by molar-refractivity contribution is 5.74. The zero-order valence-corrected chi connectivity index (χ0v) is 21.8. The predicted molar refractivity (Wildman–Crippen MR) is 134 cm³/mol. The van der Waals surface area contributed by atoms with Crippen molar-refractivity contribution in [3.63, 3.8) is 0 Å². The van der Waals surface area contributed by atoms with Crippen molar-refractivity contribution >= 4 is 5.97 Å². The Hall–Kier alpha value is -2.29. The van der Waals surface area contributed by atoms with Crippen LogP contribution in [0.5, 0.6) is 11.5 Å². The van der Waals surface area contributed by atoms with E-state index in [2.05, 4.69) is 80.5 Å². The van der Waals surface area contributed by atoms with Gasteiger partial charge in [-0.3, -0.25) is 4.79 Å². The lowest BCUT2D eigenvalue weighted by Crippen LogP contribution is -2.19. The Morgan fingerprint density at radius 3 is 1.91 bits per heavy atom. The summed E-state index contributed by atoms with van der Waals surface area (Å²) in [5.74, 6) is 0.675. The molecule has 2 aromatic rings. The average molecular weight is 439 g/mol. The van der Waals surface area contributed by atoms with Crippen molar-refractivity contribution in [2.45, 2.75) is 105 Å². The number of esters is 1. The predicted octanol–water partition coefficient (Wildman–Crippen LogP) is 7.85. The number of carbonyl (C=O) groups is 1. The summed E-state index contributed by atoms with van der Waals surface area (Å²) >= 11 is 0. The van der Waals surface area contributed by atoms with Crippen LogP contribution in [0.3, 0.4) is 0 Å². The number of carbonyl (C=O) groups excluding carboxylic acids is 1. The summed E-state index contributed by atoms with van der Waals surface area (Å²) in [6, 6.07) is 8.29. The molecule has 2 rings (SSSR count). The molecule has 0 fully saturated rings. The fourth-order valence-corrected chi connectivity index (χ4v) is 4.43. The van der Waals surface area contributed by atoms with E-state index >= 15 is 0 Å². The number of rotatable bonds is 6. The highest BCUT2D eigenvalue weighted by Gasteiger charge is 2.30. The van der Waals surface area contributed by atoms with Crippen LogP contribution < -0.4 is 4.74 Å². The molecule has 2 aromatic carbocycles. The number of benzene rings is 2. The lowest BCUT2D eigenvalue weighted by Gasteiger charge is -2.30. The molecule has 0 saturated heterocycles. The quantitative estimate of drug-likeness (QED) is 0.369.